The predicted molar refractivity (Wildman–Crippen MR) is 95.3 cm³/mol. The topological polar surface area (TPSA) is 82.5 Å². The third kappa shape index (κ3) is 2.68. The lowest BCUT2D eigenvalue weighted by Gasteiger charge is -2.37. The Hall–Kier alpha value is -2.72. The largest absolute Gasteiger partial charge is 0.369 e. The molecule has 0 spiro atoms. The average Bonchev–Trinajstić information content (AvgIpc) is 3.09. The van der Waals surface area contributed by atoms with Crippen LogP contribution in [0.25, 0.3) is 11.1 Å². The smallest absolute Gasteiger partial charge is 0.234 e. The van der Waals surface area contributed by atoms with Gasteiger partial charge in [-0.15, -0.1) is 11.3 Å². The molecule has 1 amide bonds. The van der Waals surface area contributed by atoms with Gasteiger partial charge in [0.05, 0.1) is 11.5 Å². The van der Waals surface area contributed by atoms with Crippen molar-refractivity contribution in [1.82, 2.24) is 4.90 Å². The van der Waals surface area contributed by atoms with Crippen LogP contribution in [0.1, 0.15) is 24.3 Å². The van der Waals surface area contributed by atoms with E-state index in [1.54, 1.807) is 13.1 Å². The zero-order valence-electron chi connectivity index (χ0n) is 14.1. The molecule has 1 aromatic heterocycles. The summed E-state index contributed by atoms with van der Waals surface area (Å²) in [6.45, 7) is 3.72. The Bertz CT molecular complexity index is 929. The number of guanidine groups is 1. The van der Waals surface area contributed by atoms with E-state index in [0.717, 1.165) is 16.0 Å². The summed E-state index contributed by atoms with van der Waals surface area (Å²) in [5.41, 5.74) is 6.74. The fourth-order valence-electron chi connectivity index (χ4n) is 2.87. The number of hydrogen-bond donors (Lipinski definition) is 1. The van der Waals surface area contributed by atoms with Crippen molar-refractivity contribution in [3.05, 3.63) is 45.9 Å². The summed E-state index contributed by atoms with van der Waals surface area (Å²) in [5.74, 6) is -0.799. The van der Waals surface area contributed by atoms with E-state index >= 15 is 0 Å². The summed E-state index contributed by atoms with van der Waals surface area (Å²) >= 11 is 1.47. The molecule has 0 saturated heterocycles. The third-order valence-electron chi connectivity index (χ3n) is 4.75. The van der Waals surface area contributed by atoms with Crippen molar-refractivity contribution in [2.45, 2.75) is 19.4 Å². The standard InChI is InChI=1S/C18H17FN4OS/c1-10-16(24)23(3)17(21)22-18(10,2)15-7-13(9-25-15)11-4-5-14(19)12(6-11)8-20/h4-7,9-10H,1-3H3,(H2,21,22)/t10-,18+/m1/s1. The van der Waals surface area contributed by atoms with Crippen LogP contribution in [0.2, 0.25) is 0 Å². The molecule has 2 aromatic rings. The molecule has 25 heavy (non-hydrogen) atoms. The second-order valence-electron chi connectivity index (χ2n) is 6.24. The molecule has 0 bridgehead atoms. The minimum absolute atomic E-state index is 0.00145. The summed E-state index contributed by atoms with van der Waals surface area (Å²) in [5, 5.41) is 10.9. The molecule has 2 N–H and O–H groups in total. The van der Waals surface area contributed by atoms with Gasteiger partial charge in [-0.25, -0.2) is 9.38 Å². The Morgan fingerprint density at radius 3 is 2.80 bits per heavy atom. The van der Waals surface area contributed by atoms with Gasteiger partial charge in [0.2, 0.25) is 5.91 Å². The number of thiophene rings is 1. The number of nitrogens with zero attached hydrogens (tertiary/aromatic N) is 3. The highest BCUT2D eigenvalue weighted by Gasteiger charge is 2.44. The predicted octanol–water partition coefficient (Wildman–Crippen LogP) is 3.06. The zero-order valence-corrected chi connectivity index (χ0v) is 14.9. The first-order valence-corrected chi connectivity index (χ1v) is 8.58. The van der Waals surface area contributed by atoms with E-state index in [1.165, 1.54) is 28.4 Å². The highest BCUT2D eigenvalue weighted by atomic mass is 32.1. The van der Waals surface area contributed by atoms with E-state index in [-0.39, 0.29) is 23.3 Å². The molecule has 128 valence electrons. The first kappa shape index (κ1) is 17.1. The zero-order chi connectivity index (χ0) is 18.4. The van der Waals surface area contributed by atoms with Crippen molar-refractivity contribution in [1.29, 1.82) is 5.26 Å². The Morgan fingerprint density at radius 1 is 1.40 bits per heavy atom. The summed E-state index contributed by atoms with van der Waals surface area (Å²) in [7, 11) is 1.61. The number of carbonyl (C=O) groups is 1. The Morgan fingerprint density at radius 2 is 2.12 bits per heavy atom. The summed E-state index contributed by atoms with van der Waals surface area (Å²) in [6.07, 6.45) is 0. The number of benzene rings is 1. The first-order chi connectivity index (χ1) is 11.8. The van der Waals surface area contributed by atoms with Crippen molar-refractivity contribution < 1.29 is 9.18 Å². The number of carbonyl (C=O) groups excluding carboxylic acids is 1. The van der Waals surface area contributed by atoms with E-state index in [0.29, 0.717) is 0 Å². The van der Waals surface area contributed by atoms with Gasteiger partial charge in [0.1, 0.15) is 17.4 Å². The molecule has 2 heterocycles. The maximum Gasteiger partial charge on any atom is 0.234 e. The number of halogens is 1. The molecule has 1 aliphatic rings. The molecule has 0 radical (unpaired) electrons. The van der Waals surface area contributed by atoms with Crippen molar-refractivity contribution >= 4 is 23.2 Å². The van der Waals surface area contributed by atoms with Gasteiger partial charge in [-0.3, -0.25) is 9.69 Å². The highest BCUT2D eigenvalue weighted by Crippen LogP contribution is 2.42. The van der Waals surface area contributed by atoms with E-state index in [1.807, 2.05) is 31.4 Å². The maximum atomic E-state index is 13.5. The molecule has 7 heteroatoms. The van der Waals surface area contributed by atoms with Gasteiger partial charge < -0.3 is 5.73 Å². The number of nitrogens with two attached hydrogens (primary N) is 1. The molecule has 1 aliphatic heterocycles. The van der Waals surface area contributed by atoms with E-state index in [2.05, 4.69) is 4.99 Å². The number of amides is 1. The van der Waals surface area contributed by atoms with Gasteiger partial charge >= 0.3 is 0 Å². The van der Waals surface area contributed by atoms with Crippen LogP contribution in [0, 0.1) is 23.1 Å². The van der Waals surface area contributed by atoms with Crippen LogP contribution in [0.5, 0.6) is 0 Å². The van der Waals surface area contributed by atoms with Gasteiger partial charge in [-0.2, -0.15) is 5.26 Å². The maximum absolute atomic E-state index is 13.5. The number of aliphatic imine (C=N–C) groups is 1. The minimum atomic E-state index is -0.755. The third-order valence-corrected chi connectivity index (χ3v) is 5.91. The summed E-state index contributed by atoms with van der Waals surface area (Å²) in [6, 6.07) is 8.20. The normalized spacial score (nSPS) is 23.3. The van der Waals surface area contributed by atoms with E-state index in [9.17, 15) is 9.18 Å². The second-order valence-corrected chi connectivity index (χ2v) is 7.15. The molecular formula is C18H17FN4OS. The second kappa shape index (κ2) is 5.97. The van der Waals surface area contributed by atoms with Gasteiger partial charge in [0.25, 0.3) is 0 Å². The van der Waals surface area contributed by atoms with Crippen LogP contribution in [-0.4, -0.2) is 23.8 Å². The molecule has 2 atom stereocenters. The molecule has 0 aliphatic carbocycles. The van der Waals surface area contributed by atoms with Crippen LogP contribution in [0.15, 0.2) is 34.6 Å². The fraction of sp³-hybridized carbons (Fsp3) is 0.278. The van der Waals surface area contributed by atoms with Gasteiger partial charge in [0, 0.05) is 11.9 Å². The number of nitriles is 1. The van der Waals surface area contributed by atoms with Crippen molar-refractivity contribution in [3.8, 4) is 17.2 Å². The van der Waals surface area contributed by atoms with Crippen LogP contribution >= 0.6 is 11.3 Å². The summed E-state index contributed by atoms with van der Waals surface area (Å²) < 4.78 is 13.5. The van der Waals surface area contributed by atoms with Crippen LogP contribution in [0.3, 0.4) is 0 Å². The minimum Gasteiger partial charge on any atom is -0.369 e. The lowest BCUT2D eigenvalue weighted by atomic mass is 9.83. The summed E-state index contributed by atoms with van der Waals surface area (Å²) in [4.78, 5) is 19.2. The molecule has 3 rings (SSSR count). The van der Waals surface area contributed by atoms with E-state index in [4.69, 9.17) is 11.0 Å². The average molecular weight is 356 g/mol. The Balaban J connectivity index is 2.04. The van der Waals surface area contributed by atoms with Crippen molar-refractivity contribution in [2.75, 3.05) is 7.05 Å². The molecule has 1 aromatic carbocycles. The SMILES string of the molecule is C[C@@H]1C(=O)N(C)C(N)=N[C@]1(C)c1cc(-c2ccc(F)c(C#N)c2)cs1. The van der Waals surface area contributed by atoms with Crippen LogP contribution in [-0.2, 0) is 10.3 Å². The first-order valence-electron chi connectivity index (χ1n) is 7.70. The molecule has 0 saturated carbocycles. The Labute approximate surface area is 149 Å². The molecule has 0 fully saturated rings. The fourth-order valence-corrected chi connectivity index (χ4v) is 3.98. The van der Waals surface area contributed by atoms with Crippen LogP contribution < -0.4 is 5.73 Å². The van der Waals surface area contributed by atoms with E-state index < -0.39 is 11.4 Å². The van der Waals surface area contributed by atoms with Gasteiger partial charge in [-0.1, -0.05) is 13.0 Å². The monoisotopic (exact) mass is 356 g/mol. The van der Waals surface area contributed by atoms with Crippen molar-refractivity contribution in [2.24, 2.45) is 16.6 Å². The molecule has 5 nitrogen and oxygen atoms in total. The van der Waals surface area contributed by atoms with Gasteiger partial charge in [-0.05, 0) is 41.6 Å². The highest BCUT2D eigenvalue weighted by molar-refractivity contribution is 7.10. The number of rotatable bonds is 2. The molecular weight excluding hydrogens is 339 g/mol. The lowest BCUT2D eigenvalue weighted by Crippen LogP contribution is -2.52. The Kier molecular flexibility index (Phi) is 4.09. The number of hydrogen-bond acceptors (Lipinski definition) is 5. The van der Waals surface area contributed by atoms with Crippen molar-refractivity contribution in [3.63, 3.8) is 0 Å². The van der Waals surface area contributed by atoms with Crippen LogP contribution in [0.4, 0.5) is 4.39 Å². The van der Waals surface area contributed by atoms with Gasteiger partial charge in [0.15, 0.2) is 5.96 Å². The molecule has 0 unspecified atom stereocenters. The quantitative estimate of drug-likeness (QED) is 0.898. The lowest BCUT2D eigenvalue weighted by molar-refractivity contribution is -0.133.